The average Bonchev–Trinajstić information content (AvgIpc) is 2.52. The van der Waals surface area contributed by atoms with Gasteiger partial charge >= 0.3 is 11.9 Å². The molecule has 0 saturated heterocycles. The molecule has 2 rings (SSSR count). The summed E-state index contributed by atoms with van der Waals surface area (Å²) in [4.78, 5) is 34.5. The number of amides is 1. The molecule has 0 fully saturated rings. The summed E-state index contributed by atoms with van der Waals surface area (Å²) in [6.07, 6.45) is 0. The van der Waals surface area contributed by atoms with Crippen molar-refractivity contribution < 1.29 is 23.9 Å². The Hall–Kier alpha value is -3.15. The third-order valence-electron chi connectivity index (χ3n) is 2.96. The maximum atomic E-state index is 12.3. The number of nitrogens with one attached hydrogen (secondary N) is 1. The molecule has 6 nitrogen and oxygen atoms in total. The summed E-state index contributed by atoms with van der Waals surface area (Å²) in [5.41, 5.74) is 1.17. The van der Waals surface area contributed by atoms with E-state index in [1.807, 2.05) is 30.3 Å². The number of esters is 2. The van der Waals surface area contributed by atoms with Gasteiger partial charge in [-0.2, -0.15) is 0 Å². The number of carbonyl (C=O) groups is 3. The Labute approximate surface area is 139 Å². The van der Waals surface area contributed by atoms with Gasteiger partial charge in [0.15, 0.2) is 0 Å². The van der Waals surface area contributed by atoms with Crippen LogP contribution in [0.1, 0.15) is 29.8 Å². The van der Waals surface area contributed by atoms with Crippen LogP contribution in [0, 0.1) is 0 Å². The molecule has 0 aromatic heterocycles. The highest BCUT2D eigenvalue weighted by atomic mass is 16.5. The molecular weight excluding hydrogens is 310 g/mol. The van der Waals surface area contributed by atoms with Gasteiger partial charge < -0.3 is 14.8 Å². The standard InChI is InChI=1S/C18H17NO5/c1-12(20)23-16-8-15(9-17(10-16)24-13(2)21)18(22)19-11-14-6-4-3-5-7-14/h3-10H,11H2,1-2H3,(H,19,22). The quantitative estimate of drug-likeness (QED) is 0.674. The Morgan fingerprint density at radius 3 is 1.92 bits per heavy atom. The van der Waals surface area contributed by atoms with Gasteiger partial charge in [0.2, 0.25) is 0 Å². The van der Waals surface area contributed by atoms with Crippen LogP contribution in [0.2, 0.25) is 0 Å². The van der Waals surface area contributed by atoms with Gasteiger partial charge in [0, 0.05) is 32.0 Å². The van der Waals surface area contributed by atoms with Crippen LogP contribution >= 0.6 is 0 Å². The molecule has 2 aromatic carbocycles. The zero-order valence-corrected chi connectivity index (χ0v) is 13.4. The highest BCUT2D eigenvalue weighted by molar-refractivity contribution is 5.95. The van der Waals surface area contributed by atoms with E-state index in [9.17, 15) is 14.4 Å². The highest BCUT2D eigenvalue weighted by Crippen LogP contribution is 2.23. The number of carbonyl (C=O) groups excluding carboxylic acids is 3. The summed E-state index contributed by atoms with van der Waals surface area (Å²) < 4.78 is 9.96. The third-order valence-corrected chi connectivity index (χ3v) is 2.96. The minimum Gasteiger partial charge on any atom is -0.427 e. The lowest BCUT2D eigenvalue weighted by molar-refractivity contribution is -0.132. The van der Waals surface area contributed by atoms with Crippen molar-refractivity contribution in [3.63, 3.8) is 0 Å². The lowest BCUT2D eigenvalue weighted by atomic mass is 10.1. The average molecular weight is 327 g/mol. The summed E-state index contributed by atoms with van der Waals surface area (Å²) in [5, 5.41) is 2.76. The molecule has 0 spiro atoms. The molecule has 24 heavy (non-hydrogen) atoms. The Morgan fingerprint density at radius 2 is 1.42 bits per heavy atom. The van der Waals surface area contributed by atoms with Gasteiger partial charge in [0.1, 0.15) is 11.5 Å². The first-order valence-electron chi connectivity index (χ1n) is 7.28. The molecule has 0 atom stereocenters. The van der Waals surface area contributed by atoms with Gasteiger partial charge in [-0.05, 0) is 17.7 Å². The van der Waals surface area contributed by atoms with Crippen molar-refractivity contribution >= 4 is 17.8 Å². The largest absolute Gasteiger partial charge is 0.427 e. The van der Waals surface area contributed by atoms with E-state index in [1.165, 1.54) is 32.0 Å². The van der Waals surface area contributed by atoms with Gasteiger partial charge in [0.05, 0.1) is 0 Å². The molecule has 2 aromatic rings. The molecular formula is C18H17NO5. The van der Waals surface area contributed by atoms with Crippen LogP contribution in [0.5, 0.6) is 11.5 Å². The second-order valence-electron chi connectivity index (χ2n) is 5.05. The molecule has 124 valence electrons. The summed E-state index contributed by atoms with van der Waals surface area (Å²) >= 11 is 0. The Morgan fingerprint density at radius 1 is 0.875 bits per heavy atom. The van der Waals surface area contributed by atoms with Gasteiger partial charge in [-0.15, -0.1) is 0 Å². The fourth-order valence-corrected chi connectivity index (χ4v) is 2.03. The van der Waals surface area contributed by atoms with Crippen molar-refractivity contribution in [3.8, 4) is 11.5 Å². The SMILES string of the molecule is CC(=O)Oc1cc(OC(C)=O)cc(C(=O)NCc2ccccc2)c1. The molecule has 6 heteroatoms. The molecule has 0 saturated carbocycles. The van der Waals surface area contributed by atoms with E-state index < -0.39 is 11.9 Å². The molecule has 0 bridgehead atoms. The predicted molar refractivity (Wildman–Crippen MR) is 86.7 cm³/mol. The predicted octanol–water partition coefficient (Wildman–Crippen LogP) is 2.47. The van der Waals surface area contributed by atoms with E-state index >= 15 is 0 Å². The van der Waals surface area contributed by atoms with E-state index in [0.29, 0.717) is 6.54 Å². The second kappa shape index (κ2) is 7.92. The van der Waals surface area contributed by atoms with Gasteiger partial charge in [0.25, 0.3) is 5.91 Å². The first-order valence-corrected chi connectivity index (χ1v) is 7.28. The maximum absolute atomic E-state index is 12.3. The number of ether oxygens (including phenoxy) is 2. The molecule has 0 unspecified atom stereocenters. The topological polar surface area (TPSA) is 81.7 Å². The smallest absolute Gasteiger partial charge is 0.308 e. The van der Waals surface area contributed by atoms with E-state index in [-0.39, 0.29) is 23.0 Å². The lowest BCUT2D eigenvalue weighted by Gasteiger charge is -2.10. The van der Waals surface area contributed by atoms with Crippen LogP contribution in [0.4, 0.5) is 0 Å². The van der Waals surface area contributed by atoms with Gasteiger partial charge in [-0.25, -0.2) is 0 Å². The van der Waals surface area contributed by atoms with Crippen LogP contribution in [-0.4, -0.2) is 17.8 Å². The third kappa shape index (κ3) is 5.24. The van der Waals surface area contributed by atoms with Crippen LogP contribution in [0.15, 0.2) is 48.5 Å². The minimum atomic E-state index is -0.536. The van der Waals surface area contributed by atoms with Crippen molar-refractivity contribution in [2.75, 3.05) is 0 Å². The fraction of sp³-hybridized carbons (Fsp3) is 0.167. The Bertz CT molecular complexity index is 721. The number of benzene rings is 2. The van der Waals surface area contributed by atoms with Gasteiger partial charge in [-0.1, -0.05) is 30.3 Å². The van der Waals surface area contributed by atoms with Crippen molar-refractivity contribution in [2.24, 2.45) is 0 Å². The molecule has 0 aliphatic carbocycles. The summed E-state index contributed by atoms with van der Waals surface area (Å²) in [7, 11) is 0. The van der Waals surface area contributed by atoms with E-state index in [0.717, 1.165) is 5.56 Å². The molecule has 0 radical (unpaired) electrons. The number of hydrogen-bond donors (Lipinski definition) is 1. The second-order valence-corrected chi connectivity index (χ2v) is 5.05. The summed E-state index contributed by atoms with van der Waals surface area (Å²) in [6, 6.07) is 13.6. The van der Waals surface area contributed by atoms with Gasteiger partial charge in [-0.3, -0.25) is 14.4 Å². The first-order chi connectivity index (χ1) is 11.4. The molecule has 1 N–H and O–H groups in total. The fourth-order valence-electron chi connectivity index (χ4n) is 2.03. The minimum absolute atomic E-state index is 0.131. The van der Waals surface area contributed by atoms with Crippen molar-refractivity contribution in [2.45, 2.75) is 20.4 Å². The van der Waals surface area contributed by atoms with Crippen LogP contribution < -0.4 is 14.8 Å². The van der Waals surface area contributed by atoms with E-state index in [1.54, 1.807) is 0 Å². The molecule has 0 aliphatic rings. The van der Waals surface area contributed by atoms with Crippen molar-refractivity contribution in [1.82, 2.24) is 5.32 Å². The van der Waals surface area contributed by atoms with Crippen molar-refractivity contribution in [1.29, 1.82) is 0 Å². The van der Waals surface area contributed by atoms with E-state index in [2.05, 4.69) is 5.32 Å². The van der Waals surface area contributed by atoms with Crippen LogP contribution in [-0.2, 0) is 16.1 Å². The van der Waals surface area contributed by atoms with Crippen molar-refractivity contribution in [3.05, 3.63) is 59.7 Å². The van der Waals surface area contributed by atoms with Crippen LogP contribution in [0.3, 0.4) is 0 Å². The van der Waals surface area contributed by atoms with E-state index in [4.69, 9.17) is 9.47 Å². The zero-order chi connectivity index (χ0) is 17.5. The highest BCUT2D eigenvalue weighted by Gasteiger charge is 2.12. The lowest BCUT2D eigenvalue weighted by Crippen LogP contribution is -2.23. The molecule has 0 heterocycles. The zero-order valence-electron chi connectivity index (χ0n) is 13.4. The monoisotopic (exact) mass is 327 g/mol. The molecule has 0 aliphatic heterocycles. The van der Waals surface area contributed by atoms with Crippen LogP contribution in [0.25, 0.3) is 0 Å². The first kappa shape index (κ1) is 17.2. The number of rotatable bonds is 5. The normalized spacial score (nSPS) is 9.92. The number of hydrogen-bond acceptors (Lipinski definition) is 5. The maximum Gasteiger partial charge on any atom is 0.308 e. The summed E-state index contributed by atoms with van der Waals surface area (Å²) in [6.45, 7) is 2.83. The Kier molecular flexibility index (Phi) is 5.68. The Balaban J connectivity index is 2.18. The summed E-state index contributed by atoms with van der Waals surface area (Å²) in [5.74, 6) is -1.19. The molecule has 1 amide bonds.